The number of rotatable bonds is 38. The number of methoxy groups -OCH3 is 3. The van der Waals surface area contributed by atoms with Gasteiger partial charge in [-0.1, -0.05) is 121 Å². The first-order valence-corrected chi connectivity index (χ1v) is 33.3. The number of hydrogen-bond donors (Lipinski definition) is 7. The van der Waals surface area contributed by atoms with E-state index in [0.717, 1.165) is 0 Å². The highest BCUT2D eigenvalue weighted by Crippen LogP contribution is 2.45. The average Bonchev–Trinajstić information content (AvgIpc) is 0.868. The van der Waals surface area contributed by atoms with Gasteiger partial charge in [-0.2, -0.15) is 4.68 Å². The van der Waals surface area contributed by atoms with E-state index in [9.17, 15) is 53.1 Å². The molecule has 0 bridgehead atoms. The van der Waals surface area contributed by atoms with Crippen LogP contribution in [0.15, 0.2) is 60.8 Å². The van der Waals surface area contributed by atoms with Crippen molar-refractivity contribution in [3.05, 3.63) is 83.2 Å². The summed E-state index contributed by atoms with van der Waals surface area (Å²) in [5, 5.41) is 29.1. The predicted octanol–water partition coefficient (Wildman–Crippen LogP) is 4.11. The van der Waals surface area contributed by atoms with Crippen LogP contribution in [-0.4, -0.2) is 192 Å². The lowest BCUT2D eigenvalue weighted by Gasteiger charge is -2.41. The van der Waals surface area contributed by atoms with E-state index in [0.29, 0.717) is 67.5 Å². The van der Waals surface area contributed by atoms with Crippen molar-refractivity contribution in [1.82, 2.24) is 46.3 Å². The van der Waals surface area contributed by atoms with E-state index in [-0.39, 0.29) is 81.7 Å². The first-order chi connectivity index (χ1) is 45.0. The number of likely N-dealkylation sites (N-methyl/N-ethyl adjacent to an activating group) is 2. The molecule has 2 fully saturated rings. The van der Waals surface area contributed by atoms with Gasteiger partial charge in [-0.05, 0) is 86.4 Å². The van der Waals surface area contributed by atoms with Crippen molar-refractivity contribution in [2.24, 2.45) is 34.8 Å². The summed E-state index contributed by atoms with van der Waals surface area (Å²) in [5.74, 6) is -5.55. The number of amides is 7. The number of nitrogens with zero attached hydrogens (tertiary/aromatic N) is 5. The fourth-order valence-corrected chi connectivity index (χ4v) is 12.9. The zero-order valence-corrected chi connectivity index (χ0v) is 58.1. The number of hydrogen-bond acceptors (Lipinski definition) is 17. The molecule has 26 heteroatoms. The highest BCUT2D eigenvalue weighted by Gasteiger charge is 2.48. The Labute approximate surface area is 559 Å². The van der Waals surface area contributed by atoms with Crippen molar-refractivity contribution in [2.75, 3.05) is 48.5 Å². The summed E-state index contributed by atoms with van der Waals surface area (Å²) in [7, 11) is 7.33. The maximum atomic E-state index is 14.8. The van der Waals surface area contributed by atoms with Gasteiger partial charge >= 0.3 is 12.1 Å². The molecule has 8 N–H and O–H groups in total. The number of nitrogens with one attached hydrogen (secondary N) is 5. The molecule has 1 aromatic heterocycles. The lowest BCUT2D eigenvalue weighted by atomic mass is 9.64. The van der Waals surface area contributed by atoms with E-state index in [1.54, 1.807) is 94.1 Å². The molecule has 526 valence electrons. The molecule has 95 heavy (non-hydrogen) atoms. The third-order valence-electron chi connectivity index (χ3n) is 18.9. The number of aryl methyl sites for hydroxylation is 1. The van der Waals surface area contributed by atoms with Gasteiger partial charge in [0.05, 0.1) is 73.4 Å². The smallest absolute Gasteiger partial charge is 0.410 e. The second-order valence-corrected chi connectivity index (χ2v) is 26.5. The van der Waals surface area contributed by atoms with E-state index in [1.807, 2.05) is 45.9 Å². The molecule has 2 aromatic carbocycles. The molecule has 2 heterocycles. The molecule has 7 amide bonds. The fourth-order valence-electron chi connectivity index (χ4n) is 12.9. The van der Waals surface area contributed by atoms with Gasteiger partial charge in [-0.3, -0.25) is 48.1 Å². The van der Waals surface area contributed by atoms with Crippen LogP contribution in [0.1, 0.15) is 155 Å². The Morgan fingerprint density at radius 2 is 1.45 bits per heavy atom. The quantitative estimate of drug-likeness (QED) is 0.0313. The lowest BCUT2D eigenvalue weighted by molar-refractivity contribution is -0.742. The summed E-state index contributed by atoms with van der Waals surface area (Å²) >= 11 is 0. The van der Waals surface area contributed by atoms with Crippen molar-refractivity contribution in [3.8, 4) is 0 Å². The van der Waals surface area contributed by atoms with Crippen LogP contribution in [0.2, 0.25) is 0 Å². The number of carbonyl (C=O) groups is 10. The van der Waals surface area contributed by atoms with Crippen LogP contribution in [0.3, 0.4) is 0 Å². The van der Waals surface area contributed by atoms with Gasteiger partial charge in [0.2, 0.25) is 35.2 Å². The van der Waals surface area contributed by atoms with Crippen LogP contribution in [0.25, 0.3) is 0 Å². The van der Waals surface area contributed by atoms with Crippen molar-refractivity contribution in [3.63, 3.8) is 0 Å². The number of esters is 1. The standard InChI is InChI=1S/C69H105N11O15/c1-15-43(6)61(55(92-12)36-57(84)80-34-19-23-52(80)63(94-14)45(8)64(87)71-46(9)62(86)49-21-17-16-18-22-49)77(10)66(89)59(41(2)3)74-65(88)60(42(4)5)78(11)68(91)95-40-48-26-24-47(25-27-48)35-53(81)51(30-33-70)73-67(90)69(31-20-32-69)37-54(82)50(28-29-58(85)93-13)72-56(83)39-79-38-44(7)75-76-79/h16-18,21-22,24-27,38,41-43,45-46,50-52,55,59-63,86H,15,19-20,23,28-37,39-40,70H2,1-14H3,(H4,71,72,73,74,83,87,88,90)/p+1/t43-,45+,46+,50-,51-,52-,55+,59-,60-,61-,62+,63+/m0/s1. The molecule has 3 aromatic rings. The monoisotopic (exact) mass is 1330 g/mol. The van der Waals surface area contributed by atoms with Crippen molar-refractivity contribution in [2.45, 2.75) is 213 Å². The van der Waals surface area contributed by atoms with Crippen LogP contribution < -0.4 is 31.7 Å². The van der Waals surface area contributed by atoms with Gasteiger partial charge in [0.1, 0.15) is 18.7 Å². The molecule has 5 rings (SSSR count). The molecule has 1 aliphatic carbocycles. The van der Waals surface area contributed by atoms with E-state index in [4.69, 9.17) is 24.7 Å². The Balaban J connectivity index is 1.18. The molecule has 0 radical (unpaired) electrons. The van der Waals surface area contributed by atoms with Gasteiger partial charge < -0.3 is 60.9 Å². The van der Waals surface area contributed by atoms with Crippen LogP contribution in [-0.2, 0) is 81.7 Å². The molecule has 2 aliphatic rings. The topological polar surface area (TPSA) is 344 Å². The zero-order chi connectivity index (χ0) is 70.4. The summed E-state index contributed by atoms with van der Waals surface area (Å²) in [5.41, 5.74) is 7.31. The molecule has 1 saturated carbocycles. The molecule has 12 atom stereocenters. The maximum Gasteiger partial charge on any atom is 0.410 e. The molecule has 1 saturated heterocycles. The summed E-state index contributed by atoms with van der Waals surface area (Å²) in [6.07, 6.45) is 1.30. The van der Waals surface area contributed by atoms with Crippen molar-refractivity contribution in [1.29, 1.82) is 0 Å². The number of carbonyl (C=O) groups excluding carboxylic acids is 10. The number of Topliss-reactive ketones (excluding diaryl/α,β-unsaturated/α-hetero) is 2. The highest BCUT2D eigenvalue weighted by molar-refractivity contribution is 5.97. The minimum Gasteiger partial charge on any atom is -0.469 e. The minimum absolute atomic E-state index is 0.0457. The van der Waals surface area contributed by atoms with Gasteiger partial charge in [-0.15, -0.1) is 0 Å². The van der Waals surface area contributed by atoms with Crippen LogP contribution in [0, 0.1) is 36.0 Å². The normalized spacial score (nSPS) is 17.8. The van der Waals surface area contributed by atoms with Crippen molar-refractivity contribution < 1.29 is 76.7 Å². The zero-order valence-electron chi connectivity index (χ0n) is 58.1. The van der Waals surface area contributed by atoms with Gasteiger partial charge in [0, 0.05) is 66.1 Å². The van der Waals surface area contributed by atoms with Gasteiger partial charge in [0.25, 0.3) is 5.91 Å². The molecular weight excluding hydrogens is 1220 g/mol. The van der Waals surface area contributed by atoms with Crippen LogP contribution in [0.4, 0.5) is 4.79 Å². The third-order valence-corrected chi connectivity index (χ3v) is 18.9. The molecule has 1 aliphatic heterocycles. The number of aromatic amines is 1. The summed E-state index contributed by atoms with van der Waals surface area (Å²) in [4.78, 5) is 143. The van der Waals surface area contributed by atoms with Crippen molar-refractivity contribution >= 4 is 59.1 Å². The largest absolute Gasteiger partial charge is 0.469 e. The maximum absolute atomic E-state index is 14.8. The van der Waals surface area contributed by atoms with Gasteiger partial charge in [0.15, 0.2) is 24.3 Å². The number of ketones is 2. The minimum atomic E-state index is -1.14. The summed E-state index contributed by atoms with van der Waals surface area (Å²) in [6.45, 7) is 16.5. The van der Waals surface area contributed by atoms with E-state index >= 15 is 0 Å². The predicted molar refractivity (Wildman–Crippen MR) is 352 cm³/mol. The van der Waals surface area contributed by atoms with E-state index in [2.05, 4.69) is 31.6 Å². The van der Waals surface area contributed by atoms with Crippen LogP contribution >= 0.6 is 0 Å². The Kier molecular flexibility index (Phi) is 30.4. The molecular formula is C69H106N11O15+. The second kappa shape index (κ2) is 37.0. The van der Waals surface area contributed by atoms with Crippen LogP contribution in [0.5, 0.6) is 0 Å². The Bertz CT molecular complexity index is 3050. The average molecular weight is 1330 g/mol. The third kappa shape index (κ3) is 21.4. The van der Waals surface area contributed by atoms with E-state index in [1.165, 1.54) is 38.0 Å². The Hall–Kier alpha value is -7.68. The fraction of sp³-hybridized carbons (Fsp3) is 0.652. The molecule has 0 unspecified atom stereocenters. The number of H-pyrrole nitrogens is 1. The number of ether oxygens (including phenoxy) is 4. The Morgan fingerprint density at radius 1 is 0.800 bits per heavy atom. The van der Waals surface area contributed by atoms with Gasteiger partial charge in [-0.25, -0.2) is 4.79 Å². The second-order valence-electron chi connectivity index (χ2n) is 26.5. The first kappa shape index (κ1) is 78.0. The SMILES string of the molecule is CC[C@H](C)[C@@H]([C@@H](CC(=O)N1CCC[C@H]1[C@H](OC)[C@@H](C)C(=O)N[C@H](C)[C@@H](O)c1ccccc1)OC)N(C)C(=O)[C@@H](NC(=O)[C@H](C(C)C)N(C)C(=O)OCc1ccc(CC(=O)[C@H](CCN)NC(=O)C2(CC(=O)[C@H](CCC(=O)OC)NC(=O)C[n+]3cc(C)n[nH]3)CCC2)cc1)C(C)C. The number of likely N-dealkylation sites (tertiary alicyclic amines) is 1. The number of benzene rings is 2. The first-order valence-electron chi connectivity index (χ1n) is 33.3. The Morgan fingerprint density at radius 3 is 2.01 bits per heavy atom. The number of aromatic nitrogens is 3. The lowest BCUT2D eigenvalue weighted by Crippen LogP contribution is -2.60. The summed E-state index contributed by atoms with van der Waals surface area (Å²) < 4.78 is 24.0. The highest BCUT2D eigenvalue weighted by atomic mass is 16.6. The number of aliphatic hydroxyl groups is 1. The summed E-state index contributed by atoms with van der Waals surface area (Å²) in [6, 6.07) is 10.0. The number of nitrogens with two attached hydrogens (primary N) is 1. The molecule has 26 nitrogen and oxygen atoms in total. The number of aliphatic hydroxyl groups excluding tert-OH is 1. The van der Waals surface area contributed by atoms with E-state index < -0.39 is 125 Å². The molecule has 0 spiro atoms.